The Kier molecular flexibility index (Phi) is 14.8. The zero-order valence-corrected chi connectivity index (χ0v) is 26.6. The number of phenolic OH excluding ortho intramolecular Hbond substituents is 1. The first-order valence-corrected chi connectivity index (χ1v) is 15.5. The minimum Gasteiger partial charge on any atom is -0.549 e. The number of benzene rings is 2. The van der Waals surface area contributed by atoms with E-state index < -0.39 is 72.8 Å². The summed E-state index contributed by atoms with van der Waals surface area (Å²) in [6.45, 7) is -0.801. The maximum Gasteiger partial charge on any atom is 0.320 e. The van der Waals surface area contributed by atoms with E-state index in [4.69, 9.17) is 0 Å². The molecular formula is C32H38F2N5O10-3. The summed E-state index contributed by atoms with van der Waals surface area (Å²) in [5, 5.41) is 57.1. The van der Waals surface area contributed by atoms with Gasteiger partial charge in [0.1, 0.15) is 23.4 Å². The van der Waals surface area contributed by atoms with Crippen LogP contribution in [0.1, 0.15) is 23.2 Å². The van der Waals surface area contributed by atoms with Crippen LogP contribution in [0.5, 0.6) is 5.75 Å². The Labute approximate surface area is 280 Å². The molecule has 0 radical (unpaired) electrons. The second-order valence-electron chi connectivity index (χ2n) is 11.6. The van der Waals surface area contributed by atoms with Crippen LogP contribution in [0.3, 0.4) is 0 Å². The largest absolute Gasteiger partial charge is 0.549 e. The Balaban J connectivity index is 1.70. The highest BCUT2D eigenvalue weighted by Gasteiger charge is 2.27. The van der Waals surface area contributed by atoms with E-state index in [0.29, 0.717) is 6.07 Å². The smallest absolute Gasteiger partial charge is 0.320 e. The molecule has 0 aromatic heterocycles. The van der Waals surface area contributed by atoms with Crippen molar-refractivity contribution in [1.82, 2.24) is 24.9 Å². The number of hydrogen-bond acceptors (Lipinski definition) is 13. The van der Waals surface area contributed by atoms with Crippen LogP contribution in [-0.2, 0) is 19.2 Å². The van der Waals surface area contributed by atoms with Gasteiger partial charge in [0, 0.05) is 90.2 Å². The van der Waals surface area contributed by atoms with Gasteiger partial charge in [0.05, 0.1) is 23.5 Å². The fourth-order valence-corrected chi connectivity index (χ4v) is 5.55. The molecule has 3 rings (SSSR count). The SMILES string of the molecule is O=C([O-])CN1CCN(CC(=O)[O-])CCN(C(CCCNC(=O)c2cc(-c3ccc(F)cc3F)ccc2O)C(=O)O)CCN(CC(=O)[O-])CC1. The molecule has 1 fully saturated rings. The Morgan fingerprint density at radius 2 is 1.27 bits per heavy atom. The van der Waals surface area contributed by atoms with Gasteiger partial charge in [0.25, 0.3) is 5.91 Å². The molecule has 268 valence electrons. The molecule has 3 N–H and O–H groups in total. The van der Waals surface area contributed by atoms with Crippen LogP contribution in [0.25, 0.3) is 11.1 Å². The molecule has 1 saturated heterocycles. The lowest BCUT2D eigenvalue weighted by Crippen LogP contribution is -2.53. The monoisotopic (exact) mass is 690 g/mol. The summed E-state index contributed by atoms with van der Waals surface area (Å²) in [4.78, 5) is 65.5. The highest BCUT2D eigenvalue weighted by molar-refractivity contribution is 5.98. The summed E-state index contributed by atoms with van der Waals surface area (Å²) in [5.41, 5.74) is 0.0455. The van der Waals surface area contributed by atoms with Crippen LogP contribution in [0.15, 0.2) is 36.4 Å². The predicted octanol–water partition coefficient (Wildman–Crippen LogP) is -3.23. The van der Waals surface area contributed by atoms with Gasteiger partial charge >= 0.3 is 5.97 Å². The van der Waals surface area contributed by atoms with Gasteiger partial charge in [-0.1, -0.05) is 6.07 Å². The summed E-state index contributed by atoms with van der Waals surface area (Å²) in [7, 11) is 0. The van der Waals surface area contributed by atoms with Gasteiger partial charge in [-0.25, -0.2) is 8.78 Å². The number of aromatic hydroxyl groups is 1. The number of aliphatic carboxylic acids is 4. The molecule has 2 aromatic carbocycles. The number of carbonyl (C=O) groups excluding carboxylic acids is 4. The third-order valence-corrected chi connectivity index (χ3v) is 8.08. The Hall–Kier alpha value is -4.71. The molecule has 17 heteroatoms. The minimum atomic E-state index is -1.38. The zero-order chi connectivity index (χ0) is 36.1. The van der Waals surface area contributed by atoms with Crippen molar-refractivity contribution < 1.29 is 58.3 Å². The van der Waals surface area contributed by atoms with Crippen molar-refractivity contribution >= 4 is 29.8 Å². The van der Waals surface area contributed by atoms with Gasteiger partial charge in [-0.2, -0.15) is 0 Å². The van der Waals surface area contributed by atoms with E-state index in [1.54, 1.807) is 4.90 Å². The molecule has 2 aromatic rings. The zero-order valence-electron chi connectivity index (χ0n) is 26.6. The molecule has 15 nitrogen and oxygen atoms in total. The quantitative estimate of drug-likeness (QED) is 0.166. The highest BCUT2D eigenvalue weighted by atomic mass is 19.1. The molecule has 49 heavy (non-hydrogen) atoms. The van der Waals surface area contributed by atoms with Crippen molar-refractivity contribution in [3.05, 3.63) is 53.6 Å². The van der Waals surface area contributed by atoms with E-state index in [0.717, 1.165) is 6.07 Å². The van der Waals surface area contributed by atoms with Crippen molar-refractivity contribution in [1.29, 1.82) is 0 Å². The van der Waals surface area contributed by atoms with Crippen LogP contribution in [0, 0.1) is 11.6 Å². The van der Waals surface area contributed by atoms with Crippen LogP contribution < -0.4 is 20.6 Å². The average Bonchev–Trinajstić information content (AvgIpc) is 3.01. The van der Waals surface area contributed by atoms with E-state index in [9.17, 15) is 58.3 Å². The summed E-state index contributed by atoms with van der Waals surface area (Å²) >= 11 is 0. The molecule has 1 amide bonds. The van der Waals surface area contributed by atoms with Crippen LogP contribution in [0.4, 0.5) is 8.78 Å². The standard InChI is InChI=1S/C32H41F2N5O10/c33-22-4-5-23(25(34)17-22)21-3-6-27(40)24(16-21)31(47)35-7-1-2-26(32(48)49)39-14-12-37(19-29(43)44)10-8-36(18-28(41)42)9-11-38(13-15-39)20-30(45)46/h3-6,16-17,26,40H,1-2,7-15,18-20H2,(H,35,47)(H,41,42)(H,43,44)(H,45,46)(H,48,49)/p-3. The third kappa shape index (κ3) is 12.7. The number of carboxylic acid groups (broad SMARTS) is 4. The molecule has 1 atom stereocenters. The molecule has 0 spiro atoms. The normalized spacial score (nSPS) is 16.6. The molecule has 0 saturated carbocycles. The fourth-order valence-electron chi connectivity index (χ4n) is 5.55. The average molecular weight is 691 g/mol. The molecule has 1 unspecified atom stereocenters. The summed E-state index contributed by atoms with van der Waals surface area (Å²) in [5.74, 6) is -8.07. The number of phenols is 1. The van der Waals surface area contributed by atoms with Gasteiger partial charge < -0.3 is 45.2 Å². The Bertz CT molecular complexity index is 1460. The fraction of sp³-hybridized carbons (Fsp3) is 0.469. The second-order valence-corrected chi connectivity index (χ2v) is 11.6. The lowest BCUT2D eigenvalue weighted by atomic mass is 10.0. The summed E-state index contributed by atoms with van der Waals surface area (Å²) in [6, 6.07) is 5.62. The number of hydrogen-bond donors (Lipinski definition) is 3. The van der Waals surface area contributed by atoms with Crippen molar-refractivity contribution in [2.75, 3.05) is 78.5 Å². The lowest BCUT2D eigenvalue weighted by Gasteiger charge is -2.36. The first kappa shape index (κ1) is 38.7. The molecular weight excluding hydrogens is 652 g/mol. The lowest BCUT2D eigenvalue weighted by molar-refractivity contribution is -0.308. The van der Waals surface area contributed by atoms with Crippen LogP contribution >= 0.6 is 0 Å². The molecule has 0 bridgehead atoms. The van der Waals surface area contributed by atoms with E-state index >= 15 is 0 Å². The topological polar surface area (TPSA) is 220 Å². The Morgan fingerprint density at radius 1 is 0.755 bits per heavy atom. The predicted molar refractivity (Wildman–Crippen MR) is 162 cm³/mol. The highest BCUT2D eigenvalue weighted by Crippen LogP contribution is 2.28. The summed E-state index contributed by atoms with van der Waals surface area (Å²) < 4.78 is 27.7. The molecule has 1 aliphatic heterocycles. The van der Waals surface area contributed by atoms with Crippen molar-refractivity contribution in [2.24, 2.45) is 0 Å². The number of carbonyl (C=O) groups is 5. The second kappa shape index (κ2) is 18.7. The minimum absolute atomic E-state index is 0.0112. The Morgan fingerprint density at radius 3 is 1.73 bits per heavy atom. The molecule has 1 heterocycles. The number of carboxylic acids is 4. The summed E-state index contributed by atoms with van der Waals surface area (Å²) in [6.07, 6.45) is 0.165. The first-order valence-electron chi connectivity index (χ1n) is 15.5. The van der Waals surface area contributed by atoms with E-state index in [1.165, 1.54) is 39.0 Å². The van der Waals surface area contributed by atoms with Crippen molar-refractivity contribution in [3.8, 4) is 16.9 Å². The van der Waals surface area contributed by atoms with Gasteiger partial charge in [-0.3, -0.25) is 29.2 Å². The first-order chi connectivity index (χ1) is 23.2. The number of nitrogens with one attached hydrogen (secondary N) is 1. The number of halogens is 2. The maximum absolute atomic E-state index is 14.3. The van der Waals surface area contributed by atoms with E-state index in [1.807, 2.05) is 0 Å². The third-order valence-electron chi connectivity index (χ3n) is 8.08. The molecule has 1 aliphatic rings. The van der Waals surface area contributed by atoms with Crippen molar-refractivity contribution in [2.45, 2.75) is 18.9 Å². The number of amides is 1. The van der Waals surface area contributed by atoms with Gasteiger partial charge in [-0.05, 0) is 42.7 Å². The number of nitrogens with zero attached hydrogens (tertiary/aromatic N) is 4. The van der Waals surface area contributed by atoms with E-state index in [-0.39, 0.29) is 88.4 Å². The van der Waals surface area contributed by atoms with Crippen molar-refractivity contribution in [3.63, 3.8) is 0 Å². The van der Waals surface area contributed by atoms with Crippen LogP contribution in [-0.4, -0.2) is 144 Å². The maximum atomic E-state index is 14.3. The number of rotatable bonds is 14. The van der Waals surface area contributed by atoms with Gasteiger partial charge in [-0.15, -0.1) is 0 Å². The van der Waals surface area contributed by atoms with E-state index in [2.05, 4.69) is 5.32 Å². The van der Waals surface area contributed by atoms with Gasteiger partial charge in [0.2, 0.25) is 0 Å². The van der Waals surface area contributed by atoms with Gasteiger partial charge in [0.15, 0.2) is 0 Å². The van der Waals surface area contributed by atoms with Crippen LogP contribution in [0.2, 0.25) is 0 Å². The molecule has 0 aliphatic carbocycles.